The van der Waals surface area contributed by atoms with Crippen LogP contribution in [0.1, 0.15) is 24.4 Å². The van der Waals surface area contributed by atoms with Crippen LogP contribution in [0.5, 0.6) is 11.5 Å². The molecule has 0 saturated carbocycles. The van der Waals surface area contributed by atoms with E-state index >= 15 is 0 Å². The molecule has 1 N–H and O–H groups in total. The zero-order valence-corrected chi connectivity index (χ0v) is 14.5. The monoisotopic (exact) mass is 364 g/mol. The maximum atomic E-state index is 12.8. The molecule has 0 aromatic heterocycles. The molecule has 2 aromatic rings. The fraction of sp³-hybridized carbons (Fsp3) is 0.400. The molecule has 3 rings (SSSR count). The van der Waals surface area contributed by atoms with Gasteiger partial charge in [-0.2, -0.15) is 13.2 Å². The summed E-state index contributed by atoms with van der Waals surface area (Å²) in [5.41, 5.74) is 0.865. The second-order valence-corrected chi connectivity index (χ2v) is 6.44. The Balaban J connectivity index is 1.79. The Morgan fingerprint density at radius 3 is 2.35 bits per heavy atom. The number of alkyl halides is 3. The number of piperazine rings is 1. The first-order chi connectivity index (χ1) is 12.5. The highest BCUT2D eigenvalue weighted by Crippen LogP contribution is 2.33. The predicted molar refractivity (Wildman–Crippen MR) is 95.4 cm³/mol. The maximum absolute atomic E-state index is 12.8. The summed E-state index contributed by atoms with van der Waals surface area (Å²) in [7, 11) is 0. The van der Waals surface area contributed by atoms with Crippen LogP contribution < -0.4 is 10.1 Å². The van der Waals surface area contributed by atoms with Gasteiger partial charge in [0.2, 0.25) is 0 Å². The van der Waals surface area contributed by atoms with E-state index in [4.69, 9.17) is 4.74 Å². The molecule has 26 heavy (non-hydrogen) atoms. The average Bonchev–Trinajstić information content (AvgIpc) is 2.63. The third-order valence-corrected chi connectivity index (χ3v) is 4.52. The Hall–Kier alpha value is -2.05. The largest absolute Gasteiger partial charge is 0.457 e. The molecule has 0 bridgehead atoms. The number of halogens is 3. The van der Waals surface area contributed by atoms with Crippen molar-refractivity contribution in [3.05, 3.63) is 60.2 Å². The first kappa shape index (κ1) is 18.7. The van der Waals surface area contributed by atoms with Gasteiger partial charge in [0.25, 0.3) is 0 Å². The van der Waals surface area contributed by atoms with Crippen LogP contribution in [-0.2, 0) is 0 Å². The first-order valence-corrected chi connectivity index (χ1v) is 8.86. The van der Waals surface area contributed by atoms with Crippen LogP contribution in [0.3, 0.4) is 0 Å². The number of benzene rings is 2. The minimum absolute atomic E-state index is 0.0539. The van der Waals surface area contributed by atoms with Crippen LogP contribution in [-0.4, -0.2) is 37.3 Å². The molecule has 0 radical (unpaired) electrons. The van der Waals surface area contributed by atoms with E-state index in [1.165, 1.54) is 0 Å². The maximum Gasteiger partial charge on any atom is 0.389 e. The van der Waals surface area contributed by atoms with Gasteiger partial charge in [-0.3, -0.25) is 4.90 Å². The smallest absolute Gasteiger partial charge is 0.389 e. The van der Waals surface area contributed by atoms with E-state index in [0.29, 0.717) is 11.5 Å². The third kappa shape index (κ3) is 5.47. The minimum atomic E-state index is -4.15. The third-order valence-electron chi connectivity index (χ3n) is 4.52. The lowest BCUT2D eigenvalue weighted by Crippen LogP contribution is -2.45. The molecule has 140 valence electrons. The van der Waals surface area contributed by atoms with E-state index < -0.39 is 12.6 Å². The second-order valence-electron chi connectivity index (χ2n) is 6.44. The standard InChI is InChI=1S/C20H23F3N2O/c21-20(22,23)10-9-19(25-13-11-24-12-14-25)16-5-4-8-18(15-16)26-17-6-2-1-3-7-17/h1-8,15,19,24H,9-14H2/t19-/m1/s1. The number of nitrogens with one attached hydrogen (secondary N) is 1. The van der Waals surface area contributed by atoms with E-state index in [9.17, 15) is 13.2 Å². The van der Waals surface area contributed by atoms with Crippen molar-refractivity contribution in [3.8, 4) is 11.5 Å². The van der Waals surface area contributed by atoms with Crippen molar-refractivity contribution >= 4 is 0 Å². The highest BCUT2D eigenvalue weighted by Gasteiger charge is 2.31. The number of hydrogen-bond acceptors (Lipinski definition) is 3. The summed E-state index contributed by atoms with van der Waals surface area (Å²) in [5, 5.41) is 3.25. The van der Waals surface area contributed by atoms with Crippen LogP contribution in [0.4, 0.5) is 13.2 Å². The van der Waals surface area contributed by atoms with Gasteiger partial charge in [-0.1, -0.05) is 30.3 Å². The Bertz CT molecular complexity index is 685. The molecular formula is C20H23F3N2O. The molecule has 0 spiro atoms. The lowest BCUT2D eigenvalue weighted by molar-refractivity contribution is -0.138. The van der Waals surface area contributed by atoms with Crippen LogP contribution in [0.15, 0.2) is 54.6 Å². The van der Waals surface area contributed by atoms with E-state index in [-0.39, 0.29) is 12.5 Å². The predicted octanol–water partition coefficient (Wildman–Crippen LogP) is 4.77. The zero-order valence-electron chi connectivity index (χ0n) is 14.5. The van der Waals surface area contributed by atoms with Gasteiger partial charge in [0, 0.05) is 38.6 Å². The van der Waals surface area contributed by atoms with Crippen molar-refractivity contribution in [2.45, 2.75) is 25.1 Å². The van der Waals surface area contributed by atoms with Crippen LogP contribution in [0, 0.1) is 0 Å². The van der Waals surface area contributed by atoms with Gasteiger partial charge in [0.05, 0.1) is 0 Å². The summed E-state index contributed by atoms with van der Waals surface area (Å²) in [5.74, 6) is 1.35. The first-order valence-electron chi connectivity index (χ1n) is 8.86. The fourth-order valence-corrected chi connectivity index (χ4v) is 3.26. The summed E-state index contributed by atoms with van der Waals surface area (Å²) >= 11 is 0. The van der Waals surface area contributed by atoms with Gasteiger partial charge in [0.15, 0.2) is 0 Å². The molecule has 6 heteroatoms. The van der Waals surface area contributed by atoms with Gasteiger partial charge < -0.3 is 10.1 Å². The SMILES string of the molecule is FC(F)(F)CC[C@H](c1cccc(Oc2ccccc2)c1)N1CCNCC1. The Labute approximate surface area is 151 Å². The van der Waals surface area contributed by atoms with E-state index in [1.807, 2.05) is 54.6 Å². The van der Waals surface area contributed by atoms with Crippen LogP contribution in [0.2, 0.25) is 0 Å². The van der Waals surface area contributed by atoms with Gasteiger partial charge in [0.1, 0.15) is 11.5 Å². The lowest BCUT2D eigenvalue weighted by atomic mass is 9.99. The van der Waals surface area contributed by atoms with Crippen LogP contribution in [0.25, 0.3) is 0 Å². The summed E-state index contributed by atoms with van der Waals surface area (Å²) in [6.45, 7) is 3.07. The normalized spacial score (nSPS) is 17.0. The van der Waals surface area contributed by atoms with Crippen LogP contribution >= 0.6 is 0 Å². The highest BCUT2D eigenvalue weighted by molar-refractivity contribution is 5.35. The highest BCUT2D eigenvalue weighted by atomic mass is 19.4. The zero-order chi connectivity index (χ0) is 18.4. The quantitative estimate of drug-likeness (QED) is 0.799. The average molecular weight is 364 g/mol. The molecule has 0 aliphatic carbocycles. The van der Waals surface area contributed by atoms with Crippen molar-refractivity contribution < 1.29 is 17.9 Å². The lowest BCUT2D eigenvalue weighted by Gasteiger charge is -2.35. The molecule has 1 aliphatic heterocycles. The molecule has 1 atom stereocenters. The van der Waals surface area contributed by atoms with E-state index in [0.717, 1.165) is 31.7 Å². The second kappa shape index (κ2) is 8.56. The van der Waals surface area contributed by atoms with Gasteiger partial charge in [-0.05, 0) is 36.2 Å². The number of para-hydroxylation sites is 1. The molecule has 1 heterocycles. The summed E-state index contributed by atoms with van der Waals surface area (Å²) < 4.78 is 44.3. The molecular weight excluding hydrogens is 341 g/mol. The van der Waals surface area contributed by atoms with Crippen molar-refractivity contribution in [1.82, 2.24) is 10.2 Å². The fourth-order valence-electron chi connectivity index (χ4n) is 3.26. The Morgan fingerprint density at radius 2 is 1.65 bits per heavy atom. The van der Waals surface area contributed by atoms with Crippen molar-refractivity contribution in [2.24, 2.45) is 0 Å². The van der Waals surface area contributed by atoms with Crippen molar-refractivity contribution in [2.75, 3.05) is 26.2 Å². The molecule has 0 unspecified atom stereocenters. The Kier molecular flexibility index (Phi) is 6.16. The summed E-state index contributed by atoms with van der Waals surface area (Å²) in [6, 6.07) is 16.5. The molecule has 2 aromatic carbocycles. The van der Waals surface area contributed by atoms with Crippen molar-refractivity contribution in [1.29, 1.82) is 0 Å². The minimum Gasteiger partial charge on any atom is -0.457 e. The van der Waals surface area contributed by atoms with Gasteiger partial charge >= 0.3 is 6.18 Å². The Morgan fingerprint density at radius 1 is 0.962 bits per heavy atom. The number of ether oxygens (including phenoxy) is 1. The van der Waals surface area contributed by atoms with Crippen molar-refractivity contribution in [3.63, 3.8) is 0 Å². The molecule has 3 nitrogen and oxygen atoms in total. The number of nitrogens with zero attached hydrogens (tertiary/aromatic N) is 1. The molecule has 1 fully saturated rings. The molecule has 1 aliphatic rings. The number of hydrogen-bond donors (Lipinski definition) is 1. The molecule has 0 amide bonds. The van der Waals surface area contributed by atoms with E-state index in [2.05, 4.69) is 10.2 Å². The van der Waals surface area contributed by atoms with Gasteiger partial charge in [-0.25, -0.2) is 0 Å². The topological polar surface area (TPSA) is 24.5 Å². The summed E-state index contributed by atoms with van der Waals surface area (Å²) in [4.78, 5) is 2.13. The van der Waals surface area contributed by atoms with Gasteiger partial charge in [-0.15, -0.1) is 0 Å². The summed E-state index contributed by atoms with van der Waals surface area (Å²) in [6.07, 6.45) is -4.88. The molecule has 1 saturated heterocycles. The number of rotatable bonds is 6. The van der Waals surface area contributed by atoms with E-state index in [1.54, 1.807) is 0 Å².